The minimum atomic E-state index is 0.0202. The highest BCUT2D eigenvalue weighted by atomic mass is 16.5. The zero-order valence-corrected chi connectivity index (χ0v) is 68.5. The van der Waals surface area contributed by atoms with Gasteiger partial charge >= 0.3 is 0 Å². The quantitative estimate of drug-likeness (QED) is 0.108. The molecule has 2 aliphatic carbocycles. The molecule has 544 valence electrons. The SMILES string of the molecule is CC(C)(C)CCC1CCC1.CC(C)(C)CCC1CCCC1.CCN1CC(CCC(C)(C)C)C1.CCN1CCC(CCC(C)(C)C)C1.CN(C)CCCOC(C)(C)C.CN1CC(CCC(C)(C)C)C1.CN1CCC(CCC(C)(C)C)C1.CNCCCCC(C)(C)C. The van der Waals surface area contributed by atoms with Gasteiger partial charge in [-0.05, 0) is 278 Å². The van der Waals surface area contributed by atoms with Crippen LogP contribution in [0.15, 0.2) is 0 Å². The van der Waals surface area contributed by atoms with Crippen molar-refractivity contribution in [1.82, 2.24) is 29.8 Å². The molecule has 2 atom stereocenters. The molecule has 4 heterocycles. The Morgan fingerprint density at radius 3 is 1.00 bits per heavy atom. The Kier molecular flexibility index (Phi) is 47.8. The van der Waals surface area contributed by atoms with Gasteiger partial charge in [0.25, 0.3) is 0 Å². The second-order valence-corrected chi connectivity index (χ2v) is 40.1. The Morgan fingerprint density at radius 2 is 0.700 bits per heavy atom. The van der Waals surface area contributed by atoms with Crippen molar-refractivity contribution < 1.29 is 4.74 Å². The molecule has 6 fully saturated rings. The van der Waals surface area contributed by atoms with E-state index in [1.165, 1.54) is 220 Å². The maximum Gasteiger partial charge on any atom is 0.0598 e. The van der Waals surface area contributed by atoms with Gasteiger partial charge < -0.3 is 34.6 Å². The minimum Gasteiger partial charge on any atom is -0.376 e. The van der Waals surface area contributed by atoms with Gasteiger partial charge in [-0.15, -0.1) is 0 Å². The third kappa shape index (κ3) is 63.8. The molecule has 90 heavy (non-hydrogen) atoms. The lowest BCUT2D eigenvalue weighted by Gasteiger charge is -2.39. The summed E-state index contributed by atoms with van der Waals surface area (Å²) in [6.07, 6.45) is 35.5. The second-order valence-electron chi connectivity index (χ2n) is 40.1. The fourth-order valence-corrected chi connectivity index (χ4v) is 12.4. The molecule has 2 unspecified atom stereocenters. The van der Waals surface area contributed by atoms with Crippen LogP contribution in [0.3, 0.4) is 0 Å². The van der Waals surface area contributed by atoms with Crippen LogP contribution < -0.4 is 5.32 Å². The first kappa shape index (κ1) is 91.8. The molecule has 1 N–H and O–H groups in total. The number of nitrogens with one attached hydrogen (secondary N) is 1. The molecular weight excluding hydrogens is 1100 g/mol. The molecule has 0 aromatic heterocycles. The van der Waals surface area contributed by atoms with E-state index in [1.54, 1.807) is 0 Å². The second kappa shape index (κ2) is 46.8. The number of nitrogens with zero attached hydrogens (tertiary/aromatic N) is 5. The van der Waals surface area contributed by atoms with Crippen LogP contribution in [0.1, 0.15) is 341 Å². The predicted molar refractivity (Wildman–Crippen MR) is 410 cm³/mol. The lowest BCUT2D eigenvalue weighted by molar-refractivity contribution is -0.00577. The molecule has 0 aromatic rings. The molecule has 0 aromatic carbocycles. The highest BCUT2D eigenvalue weighted by Crippen LogP contribution is 2.36. The normalized spacial score (nSPS) is 20.4. The summed E-state index contributed by atoms with van der Waals surface area (Å²) in [5.41, 5.74) is 3.79. The average Bonchev–Trinajstić information content (AvgIpc) is 4.38. The van der Waals surface area contributed by atoms with E-state index in [4.69, 9.17) is 4.74 Å². The van der Waals surface area contributed by atoms with Crippen LogP contribution in [-0.4, -0.2) is 150 Å². The van der Waals surface area contributed by atoms with Gasteiger partial charge in [0.05, 0.1) is 5.60 Å². The van der Waals surface area contributed by atoms with Gasteiger partial charge in [0.2, 0.25) is 0 Å². The molecule has 7 nitrogen and oxygen atoms in total. The van der Waals surface area contributed by atoms with E-state index in [1.807, 2.05) is 7.05 Å². The van der Waals surface area contributed by atoms with Gasteiger partial charge in [-0.2, -0.15) is 0 Å². The molecule has 0 radical (unpaired) electrons. The van der Waals surface area contributed by atoms with Crippen LogP contribution in [-0.2, 0) is 4.74 Å². The highest BCUT2D eigenvalue weighted by molar-refractivity contribution is 4.82. The summed E-state index contributed by atoms with van der Waals surface area (Å²) in [4.78, 5) is 12.1. The first-order valence-corrected chi connectivity index (χ1v) is 38.9. The van der Waals surface area contributed by atoms with Crippen molar-refractivity contribution in [1.29, 1.82) is 0 Å². The van der Waals surface area contributed by atoms with Gasteiger partial charge in [-0.25, -0.2) is 0 Å². The number of rotatable bonds is 22. The molecule has 0 spiro atoms. The summed E-state index contributed by atoms with van der Waals surface area (Å²) >= 11 is 0. The molecule has 4 saturated heterocycles. The monoisotopic (exact) mass is 1270 g/mol. The van der Waals surface area contributed by atoms with E-state index in [2.05, 4.69) is 238 Å². The first-order valence-electron chi connectivity index (χ1n) is 38.9. The molecule has 6 aliphatic rings. The van der Waals surface area contributed by atoms with E-state index in [9.17, 15) is 0 Å². The number of likely N-dealkylation sites (tertiary alicyclic amines) is 4. The van der Waals surface area contributed by atoms with E-state index >= 15 is 0 Å². The lowest BCUT2D eigenvalue weighted by Crippen LogP contribution is -2.46. The Balaban J connectivity index is 0. The third-order valence-corrected chi connectivity index (χ3v) is 19.3. The van der Waals surface area contributed by atoms with Crippen molar-refractivity contribution in [3.8, 4) is 0 Å². The van der Waals surface area contributed by atoms with Gasteiger partial charge in [-0.1, -0.05) is 211 Å². The molecule has 4 aliphatic heterocycles. The number of hydrogen-bond acceptors (Lipinski definition) is 7. The van der Waals surface area contributed by atoms with Crippen LogP contribution >= 0.6 is 0 Å². The summed E-state index contributed by atoms with van der Waals surface area (Å²) in [7, 11) is 10.6. The molecular formula is C83H176N6O. The Morgan fingerprint density at radius 1 is 0.367 bits per heavy atom. The summed E-state index contributed by atoms with van der Waals surface area (Å²) in [5, 5.41) is 3.15. The lowest BCUT2D eigenvalue weighted by atomic mass is 9.78. The van der Waals surface area contributed by atoms with Gasteiger partial charge in [0, 0.05) is 45.9 Å². The molecule has 7 heteroatoms. The minimum absolute atomic E-state index is 0.0202. The summed E-state index contributed by atoms with van der Waals surface area (Å²) in [5.74, 6) is 6.14. The zero-order valence-electron chi connectivity index (χ0n) is 68.5. The van der Waals surface area contributed by atoms with Gasteiger partial charge in [-0.3, -0.25) is 0 Å². The van der Waals surface area contributed by atoms with Crippen molar-refractivity contribution in [2.75, 3.05) is 120 Å². The van der Waals surface area contributed by atoms with E-state index in [-0.39, 0.29) is 5.60 Å². The van der Waals surface area contributed by atoms with Crippen molar-refractivity contribution in [2.45, 2.75) is 346 Å². The van der Waals surface area contributed by atoms with Crippen LogP contribution in [0.5, 0.6) is 0 Å². The number of hydrogen-bond donors (Lipinski definition) is 1. The fraction of sp³-hybridized carbons (Fsp3) is 1.00. The van der Waals surface area contributed by atoms with Crippen LogP contribution in [0.2, 0.25) is 0 Å². The largest absolute Gasteiger partial charge is 0.376 e. The molecule has 0 bridgehead atoms. The zero-order chi connectivity index (χ0) is 69.6. The highest BCUT2D eigenvalue weighted by Gasteiger charge is 2.28. The maximum absolute atomic E-state index is 5.55. The van der Waals surface area contributed by atoms with Crippen molar-refractivity contribution in [2.24, 2.45) is 73.4 Å². The Bertz CT molecular complexity index is 1610. The molecule has 2 saturated carbocycles. The maximum atomic E-state index is 5.55. The van der Waals surface area contributed by atoms with Crippen LogP contribution in [0, 0.1) is 73.4 Å². The smallest absolute Gasteiger partial charge is 0.0598 e. The Labute approximate surface area is 571 Å². The summed E-state index contributed by atoms with van der Waals surface area (Å²) in [6, 6.07) is 0. The molecule has 6 rings (SSSR count). The fourth-order valence-electron chi connectivity index (χ4n) is 12.4. The Hall–Kier alpha value is -0.280. The van der Waals surface area contributed by atoms with Crippen molar-refractivity contribution in [3.63, 3.8) is 0 Å². The van der Waals surface area contributed by atoms with Crippen molar-refractivity contribution in [3.05, 3.63) is 0 Å². The van der Waals surface area contributed by atoms with E-state index in [0.29, 0.717) is 37.9 Å². The summed E-state index contributed by atoms with van der Waals surface area (Å²) in [6.45, 7) is 76.1. The number of ether oxygens (including phenoxy) is 1. The average molecular weight is 1270 g/mol. The van der Waals surface area contributed by atoms with E-state index < -0.39 is 0 Å². The standard InChI is InChI=1S/C12H25N.2C11H23N.C11H22.C10H21N.C10H20.C9H21NO.C9H21N/c1-5-13-9-7-11(10-13)6-8-12(2,3)4;1-11(2,3)7-5-10-6-8-12(4)9-10;1-5-12-8-10(9-12)6-7-11(2,3)4;1-11(2,3)9-8-10-6-4-5-7-10;1-10(2,3)6-5-9-7-11(4)8-9;1-10(2,3)8-7-9-5-4-6-9;1-9(2,3)11-8-6-7-10(4)5;1-9(2,3)7-5-6-8-10-4/h11H,5-10H2,1-4H3;2*10H,5-9H2,1-4H3;10H,4-9H2,1-3H3;9H,5-8H2,1-4H3;9H,4-8H2,1-3H3;6-8H2,1-5H3;10H,5-8H2,1-4H3. The molecule has 0 amide bonds. The predicted octanol–water partition coefficient (Wildman–Crippen LogP) is 22.8. The van der Waals surface area contributed by atoms with Gasteiger partial charge in [0.1, 0.15) is 0 Å². The topological polar surface area (TPSA) is 37.5 Å². The van der Waals surface area contributed by atoms with Gasteiger partial charge in [0.15, 0.2) is 0 Å². The first-order chi connectivity index (χ1) is 41.1. The van der Waals surface area contributed by atoms with E-state index in [0.717, 1.165) is 61.6 Å². The van der Waals surface area contributed by atoms with Crippen molar-refractivity contribution >= 4 is 0 Å². The third-order valence-electron chi connectivity index (χ3n) is 19.3. The summed E-state index contributed by atoms with van der Waals surface area (Å²) < 4.78 is 5.55. The van der Waals surface area contributed by atoms with Crippen LogP contribution in [0.25, 0.3) is 0 Å². The van der Waals surface area contributed by atoms with Crippen LogP contribution in [0.4, 0.5) is 0 Å². The number of unbranched alkanes of at least 4 members (excludes halogenated alkanes) is 1.